The molecule has 1 unspecified atom stereocenters. The molecule has 7 heteroatoms. The van der Waals surface area contributed by atoms with Gasteiger partial charge in [-0.05, 0) is 29.3 Å². The second-order valence-corrected chi connectivity index (χ2v) is 8.06. The van der Waals surface area contributed by atoms with Crippen molar-refractivity contribution >= 4 is 35.0 Å². The van der Waals surface area contributed by atoms with E-state index in [9.17, 15) is 14.9 Å². The van der Waals surface area contributed by atoms with Gasteiger partial charge in [-0.2, -0.15) is 0 Å². The number of carbonyl (C=O) groups excluding carboxylic acids is 1. The summed E-state index contributed by atoms with van der Waals surface area (Å²) >= 11 is 6.27. The summed E-state index contributed by atoms with van der Waals surface area (Å²) in [7, 11) is 0. The molecule has 0 aromatic heterocycles. The first-order valence-electron chi connectivity index (χ1n) is 9.07. The summed E-state index contributed by atoms with van der Waals surface area (Å²) in [5, 5.41) is 14.7. The van der Waals surface area contributed by atoms with Gasteiger partial charge in [0, 0.05) is 41.2 Å². The number of benzene rings is 2. The van der Waals surface area contributed by atoms with Crippen LogP contribution in [0.2, 0.25) is 5.02 Å². The van der Waals surface area contributed by atoms with Crippen molar-refractivity contribution in [1.29, 1.82) is 0 Å². The summed E-state index contributed by atoms with van der Waals surface area (Å²) in [6.45, 7) is 4.78. The van der Waals surface area contributed by atoms with Gasteiger partial charge in [0.05, 0.1) is 4.92 Å². The van der Waals surface area contributed by atoms with E-state index in [1.165, 1.54) is 18.2 Å². The minimum Gasteiger partial charge on any atom is -0.344 e. The van der Waals surface area contributed by atoms with Crippen LogP contribution in [0.15, 0.2) is 48.5 Å². The first kappa shape index (κ1) is 18.5. The van der Waals surface area contributed by atoms with Crippen molar-refractivity contribution in [3.05, 3.63) is 74.8 Å². The van der Waals surface area contributed by atoms with Crippen LogP contribution in [0.3, 0.4) is 0 Å². The van der Waals surface area contributed by atoms with Crippen molar-refractivity contribution in [3.8, 4) is 0 Å². The lowest BCUT2D eigenvalue weighted by atomic mass is 9.74. The van der Waals surface area contributed by atoms with Gasteiger partial charge < -0.3 is 10.2 Å². The molecule has 0 aliphatic carbocycles. The van der Waals surface area contributed by atoms with E-state index in [2.05, 4.69) is 36.2 Å². The van der Waals surface area contributed by atoms with E-state index in [0.717, 1.165) is 11.3 Å². The number of fused-ring (bicyclic) bond motifs is 3. The second kappa shape index (κ2) is 6.34. The Kier molecular flexibility index (Phi) is 4.19. The molecule has 2 aliphatic rings. The van der Waals surface area contributed by atoms with Gasteiger partial charge in [0.1, 0.15) is 5.66 Å². The van der Waals surface area contributed by atoms with Crippen LogP contribution in [0.25, 0.3) is 6.08 Å². The third-order valence-electron chi connectivity index (χ3n) is 5.83. The Morgan fingerprint density at radius 1 is 1.25 bits per heavy atom. The zero-order valence-electron chi connectivity index (χ0n) is 15.6. The fourth-order valence-electron chi connectivity index (χ4n) is 4.30. The van der Waals surface area contributed by atoms with Crippen LogP contribution in [-0.2, 0) is 10.2 Å². The highest BCUT2D eigenvalue weighted by molar-refractivity contribution is 6.32. The molecule has 0 radical (unpaired) electrons. The van der Waals surface area contributed by atoms with Crippen LogP contribution in [0.1, 0.15) is 31.4 Å². The average molecular weight is 398 g/mol. The van der Waals surface area contributed by atoms with Gasteiger partial charge in [0.2, 0.25) is 5.91 Å². The first-order chi connectivity index (χ1) is 13.3. The summed E-state index contributed by atoms with van der Waals surface area (Å²) in [5.41, 5.74) is 1.55. The topological polar surface area (TPSA) is 75.5 Å². The van der Waals surface area contributed by atoms with Crippen LogP contribution in [0, 0.1) is 10.1 Å². The molecule has 28 heavy (non-hydrogen) atoms. The summed E-state index contributed by atoms with van der Waals surface area (Å²) in [6.07, 6.45) is 4.09. The molecular formula is C21H20ClN3O3. The number of nitrogens with one attached hydrogen (secondary N) is 1. The molecule has 2 aliphatic heterocycles. The molecule has 2 aromatic rings. The van der Waals surface area contributed by atoms with E-state index < -0.39 is 16.0 Å². The number of nitrogens with zero attached hydrogens (tertiary/aromatic N) is 2. The largest absolute Gasteiger partial charge is 0.344 e. The van der Waals surface area contributed by atoms with E-state index in [1.807, 2.05) is 18.2 Å². The maximum absolute atomic E-state index is 12.4. The normalized spacial score (nSPS) is 22.7. The Morgan fingerprint density at radius 2 is 2.00 bits per heavy atom. The van der Waals surface area contributed by atoms with Crippen LogP contribution in [-0.4, -0.2) is 23.0 Å². The Bertz CT molecular complexity index is 1020. The summed E-state index contributed by atoms with van der Waals surface area (Å²) in [4.78, 5) is 25.3. The van der Waals surface area contributed by atoms with E-state index in [1.54, 1.807) is 6.08 Å². The van der Waals surface area contributed by atoms with Crippen molar-refractivity contribution < 1.29 is 9.72 Å². The van der Waals surface area contributed by atoms with Gasteiger partial charge in [-0.3, -0.25) is 14.9 Å². The molecule has 0 saturated carbocycles. The lowest BCUT2D eigenvalue weighted by molar-refractivity contribution is -0.384. The number of nitro benzene ring substituents is 1. The summed E-state index contributed by atoms with van der Waals surface area (Å²) < 4.78 is 0. The molecule has 144 valence electrons. The number of carbonyl (C=O) groups is 1. The zero-order valence-corrected chi connectivity index (χ0v) is 16.4. The third kappa shape index (κ3) is 2.59. The van der Waals surface area contributed by atoms with E-state index in [4.69, 9.17) is 11.6 Å². The van der Waals surface area contributed by atoms with Gasteiger partial charge in [-0.25, -0.2) is 0 Å². The van der Waals surface area contributed by atoms with Gasteiger partial charge in [-0.1, -0.05) is 49.7 Å². The molecule has 1 N–H and O–H groups in total. The fourth-order valence-corrected chi connectivity index (χ4v) is 4.48. The Morgan fingerprint density at radius 3 is 2.75 bits per heavy atom. The number of non-ortho nitro benzene ring substituents is 1. The van der Waals surface area contributed by atoms with Crippen molar-refractivity contribution in [2.24, 2.45) is 0 Å². The summed E-state index contributed by atoms with van der Waals surface area (Å²) in [5.74, 6) is -0.0214. The molecule has 1 fully saturated rings. The van der Waals surface area contributed by atoms with Gasteiger partial charge in [0.15, 0.2) is 0 Å². The highest BCUT2D eigenvalue weighted by Crippen LogP contribution is 2.52. The number of nitro groups is 1. The minimum absolute atomic E-state index is 0.0214. The number of rotatable bonds is 3. The van der Waals surface area contributed by atoms with Crippen molar-refractivity contribution in [1.82, 2.24) is 5.32 Å². The number of halogens is 1. The quantitative estimate of drug-likeness (QED) is 0.619. The summed E-state index contributed by atoms with van der Waals surface area (Å²) in [6, 6.07) is 12.5. The van der Waals surface area contributed by atoms with E-state index >= 15 is 0 Å². The number of para-hydroxylation sites is 1. The van der Waals surface area contributed by atoms with E-state index in [-0.39, 0.29) is 11.6 Å². The number of anilines is 1. The highest BCUT2D eigenvalue weighted by atomic mass is 35.5. The van der Waals surface area contributed by atoms with Crippen LogP contribution in [0.4, 0.5) is 11.4 Å². The first-order valence-corrected chi connectivity index (χ1v) is 9.45. The molecule has 4 rings (SSSR count). The van der Waals surface area contributed by atoms with E-state index in [0.29, 0.717) is 23.6 Å². The predicted octanol–water partition coefficient (Wildman–Crippen LogP) is 4.28. The van der Waals surface area contributed by atoms with Gasteiger partial charge in [-0.15, -0.1) is 0 Å². The van der Waals surface area contributed by atoms with Crippen molar-refractivity contribution in [3.63, 3.8) is 0 Å². The lowest BCUT2D eigenvalue weighted by Crippen LogP contribution is -2.68. The third-order valence-corrected chi connectivity index (χ3v) is 6.18. The molecule has 0 bridgehead atoms. The predicted molar refractivity (Wildman–Crippen MR) is 109 cm³/mol. The van der Waals surface area contributed by atoms with Gasteiger partial charge in [0.25, 0.3) is 5.69 Å². The second-order valence-electron chi connectivity index (χ2n) is 7.65. The van der Waals surface area contributed by atoms with Crippen molar-refractivity contribution in [2.45, 2.75) is 31.3 Å². The van der Waals surface area contributed by atoms with Crippen molar-refractivity contribution in [2.75, 3.05) is 11.4 Å². The number of amides is 1. The molecule has 0 spiro atoms. The highest BCUT2D eigenvalue weighted by Gasteiger charge is 2.57. The molecule has 1 atom stereocenters. The zero-order chi connectivity index (χ0) is 20.1. The van der Waals surface area contributed by atoms with Crippen LogP contribution in [0.5, 0.6) is 0 Å². The fraction of sp³-hybridized carbons (Fsp3) is 0.286. The smallest absolute Gasteiger partial charge is 0.270 e. The SMILES string of the molecule is CC1(C)c2ccccc2N2CCC(=O)NC21C=Cc1cc([N+](=O)[O-])ccc1Cl. The minimum atomic E-state index is -0.778. The van der Waals surface area contributed by atoms with Gasteiger partial charge >= 0.3 is 0 Å². The molecule has 1 saturated heterocycles. The number of hydrogen-bond donors (Lipinski definition) is 1. The molecule has 2 heterocycles. The number of hydrogen-bond acceptors (Lipinski definition) is 4. The molecule has 2 aromatic carbocycles. The molecular weight excluding hydrogens is 378 g/mol. The Balaban J connectivity index is 1.84. The molecule has 6 nitrogen and oxygen atoms in total. The Labute approximate surface area is 167 Å². The maximum Gasteiger partial charge on any atom is 0.270 e. The molecule has 1 amide bonds. The van der Waals surface area contributed by atoms with Crippen LogP contribution >= 0.6 is 11.6 Å². The monoisotopic (exact) mass is 397 g/mol. The standard InChI is InChI=1S/C21H20ClN3O3/c1-20(2)16-5-3-4-6-18(16)24-12-10-19(26)23-21(20,24)11-9-14-13-15(25(27)28)7-8-17(14)22/h3-9,11,13H,10,12H2,1-2H3,(H,23,26). The average Bonchev–Trinajstić information content (AvgIpc) is 2.85. The maximum atomic E-state index is 12.4. The lowest BCUT2D eigenvalue weighted by Gasteiger charge is -2.49. The van der Waals surface area contributed by atoms with Crippen LogP contribution < -0.4 is 10.2 Å². The Hall–Kier alpha value is -2.86.